The van der Waals surface area contributed by atoms with Gasteiger partial charge in [0.15, 0.2) is 5.13 Å². The lowest BCUT2D eigenvalue weighted by Gasteiger charge is -2.34. The van der Waals surface area contributed by atoms with Crippen molar-refractivity contribution >= 4 is 32.6 Å². The summed E-state index contributed by atoms with van der Waals surface area (Å²) in [5.74, 6) is 0.248. The standard InChI is InChI=1S/C19H18FN3O2S/c1-25-15-6-3-7-16-17(15)21-19(26-16)23-10-8-22(9-11-23)18(24)13-4-2-5-14(20)12-13/h2-7,12H,8-11H2,1H3. The summed E-state index contributed by atoms with van der Waals surface area (Å²) in [6, 6.07) is 11.7. The third kappa shape index (κ3) is 3.10. The predicted molar refractivity (Wildman–Crippen MR) is 101 cm³/mol. The molecule has 0 spiro atoms. The lowest BCUT2D eigenvalue weighted by molar-refractivity contribution is 0.0746. The van der Waals surface area contributed by atoms with Gasteiger partial charge >= 0.3 is 0 Å². The number of amides is 1. The molecule has 0 N–H and O–H groups in total. The first-order valence-corrected chi connectivity index (χ1v) is 9.20. The van der Waals surface area contributed by atoms with Gasteiger partial charge in [-0.25, -0.2) is 9.37 Å². The number of rotatable bonds is 3. The summed E-state index contributed by atoms with van der Waals surface area (Å²) >= 11 is 1.62. The summed E-state index contributed by atoms with van der Waals surface area (Å²) < 4.78 is 19.8. The largest absolute Gasteiger partial charge is 0.494 e. The van der Waals surface area contributed by atoms with Gasteiger partial charge in [0.2, 0.25) is 0 Å². The van der Waals surface area contributed by atoms with E-state index in [2.05, 4.69) is 4.90 Å². The molecule has 1 saturated heterocycles. The molecule has 134 valence electrons. The van der Waals surface area contributed by atoms with Crippen molar-refractivity contribution in [2.24, 2.45) is 0 Å². The maximum atomic E-state index is 13.3. The molecule has 1 amide bonds. The monoisotopic (exact) mass is 371 g/mol. The number of benzene rings is 2. The molecule has 5 nitrogen and oxygen atoms in total. The zero-order chi connectivity index (χ0) is 18.1. The van der Waals surface area contributed by atoms with E-state index in [0.29, 0.717) is 31.7 Å². The number of thiazole rings is 1. The number of aromatic nitrogens is 1. The minimum absolute atomic E-state index is 0.130. The van der Waals surface area contributed by atoms with E-state index in [1.807, 2.05) is 18.2 Å². The Labute approximate surface area is 154 Å². The molecule has 1 aliphatic rings. The Balaban J connectivity index is 1.47. The number of para-hydroxylation sites is 1. The number of carbonyl (C=O) groups excluding carboxylic acids is 1. The van der Waals surface area contributed by atoms with Gasteiger partial charge in [-0.2, -0.15) is 0 Å². The first-order valence-electron chi connectivity index (χ1n) is 8.39. The normalized spacial score (nSPS) is 14.7. The highest BCUT2D eigenvalue weighted by molar-refractivity contribution is 7.22. The molecule has 26 heavy (non-hydrogen) atoms. The lowest BCUT2D eigenvalue weighted by atomic mass is 10.2. The van der Waals surface area contributed by atoms with Crippen LogP contribution in [0.1, 0.15) is 10.4 Å². The third-order valence-electron chi connectivity index (χ3n) is 4.50. The molecular weight excluding hydrogens is 353 g/mol. The van der Waals surface area contributed by atoms with Crippen LogP contribution >= 0.6 is 11.3 Å². The van der Waals surface area contributed by atoms with E-state index in [4.69, 9.17) is 9.72 Å². The number of anilines is 1. The van der Waals surface area contributed by atoms with Crippen LogP contribution in [-0.4, -0.2) is 49.1 Å². The van der Waals surface area contributed by atoms with Gasteiger partial charge in [-0.05, 0) is 30.3 Å². The van der Waals surface area contributed by atoms with Crippen LogP contribution in [0.5, 0.6) is 5.75 Å². The molecule has 0 radical (unpaired) electrons. The predicted octanol–water partition coefficient (Wildman–Crippen LogP) is 3.41. The molecule has 4 rings (SSSR count). The summed E-state index contributed by atoms with van der Waals surface area (Å²) in [5, 5.41) is 0.933. The minimum atomic E-state index is -0.391. The molecule has 0 atom stereocenters. The van der Waals surface area contributed by atoms with Crippen molar-refractivity contribution in [3.63, 3.8) is 0 Å². The fourth-order valence-electron chi connectivity index (χ4n) is 3.12. The second-order valence-electron chi connectivity index (χ2n) is 6.09. The van der Waals surface area contributed by atoms with Gasteiger partial charge in [0, 0.05) is 31.7 Å². The molecule has 0 bridgehead atoms. The van der Waals surface area contributed by atoms with E-state index >= 15 is 0 Å². The highest BCUT2D eigenvalue weighted by Crippen LogP contribution is 2.34. The SMILES string of the molecule is COc1cccc2sc(N3CCN(C(=O)c4cccc(F)c4)CC3)nc12. The Morgan fingerprint density at radius 3 is 2.65 bits per heavy atom. The van der Waals surface area contributed by atoms with Gasteiger partial charge in [0.05, 0.1) is 11.8 Å². The van der Waals surface area contributed by atoms with E-state index in [1.165, 1.54) is 12.1 Å². The molecule has 7 heteroatoms. The second kappa shape index (κ2) is 6.92. The molecule has 3 aromatic rings. The van der Waals surface area contributed by atoms with Crippen LogP contribution in [0.2, 0.25) is 0 Å². The van der Waals surface area contributed by atoms with Crippen molar-refractivity contribution in [2.45, 2.75) is 0 Å². The number of fused-ring (bicyclic) bond motifs is 1. The highest BCUT2D eigenvalue weighted by Gasteiger charge is 2.24. The fourth-order valence-corrected chi connectivity index (χ4v) is 4.15. The number of methoxy groups -OCH3 is 1. The molecule has 0 saturated carbocycles. The number of nitrogens with zero attached hydrogens (tertiary/aromatic N) is 3. The van der Waals surface area contributed by atoms with Crippen LogP contribution in [0.3, 0.4) is 0 Å². The van der Waals surface area contributed by atoms with E-state index in [0.717, 1.165) is 21.1 Å². The van der Waals surface area contributed by atoms with Crippen LogP contribution in [0, 0.1) is 5.82 Å². The van der Waals surface area contributed by atoms with Gasteiger partial charge in [0.25, 0.3) is 5.91 Å². The van der Waals surface area contributed by atoms with Crippen LogP contribution < -0.4 is 9.64 Å². The first kappa shape index (κ1) is 16.8. The summed E-state index contributed by atoms with van der Waals surface area (Å²) in [7, 11) is 1.64. The summed E-state index contributed by atoms with van der Waals surface area (Å²) in [6.07, 6.45) is 0. The van der Waals surface area contributed by atoms with Crippen molar-refractivity contribution in [3.05, 3.63) is 53.8 Å². The van der Waals surface area contributed by atoms with E-state index < -0.39 is 5.82 Å². The zero-order valence-corrected chi connectivity index (χ0v) is 15.1. The number of hydrogen-bond acceptors (Lipinski definition) is 5. The maximum absolute atomic E-state index is 13.3. The summed E-state index contributed by atoms with van der Waals surface area (Å²) in [4.78, 5) is 21.2. The van der Waals surface area contributed by atoms with Crippen molar-refractivity contribution < 1.29 is 13.9 Å². The topological polar surface area (TPSA) is 45.7 Å². The van der Waals surface area contributed by atoms with Crippen LogP contribution in [0.4, 0.5) is 9.52 Å². The second-order valence-corrected chi connectivity index (χ2v) is 7.10. The Kier molecular flexibility index (Phi) is 4.46. The van der Waals surface area contributed by atoms with Gasteiger partial charge in [-0.1, -0.05) is 23.5 Å². The molecule has 1 fully saturated rings. The summed E-state index contributed by atoms with van der Waals surface area (Å²) in [6.45, 7) is 2.57. The number of hydrogen-bond donors (Lipinski definition) is 0. The number of piperazine rings is 1. The van der Waals surface area contributed by atoms with E-state index in [1.54, 1.807) is 35.5 Å². The fraction of sp³-hybridized carbons (Fsp3) is 0.263. The van der Waals surface area contributed by atoms with Crippen LogP contribution in [-0.2, 0) is 0 Å². The van der Waals surface area contributed by atoms with E-state index in [9.17, 15) is 9.18 Å². The van der Waals surface area contributed by atoms with E-state index in [-0.39, 0.29) is 5.91 Å². The molecule has 1 aliphatic heterocycles. The van der Waals surface area contributed by atoms with Gasteiger partial charge < -0.3 is 14.5 Å². The van der Waals surface area contributed by atoms with Crippen LogP contribution in [0.25, 0.3) is 10.2 Å². The van der Waals surface area contributed by atoms with Crippen molar-refractivity contribution in [3.8, 4) is 5.75 Å². The summed E-state index contributed by atoms with van der Waals surface area (Å²) in [5.41, 5.74) is 1.26. The quantitative estimate of drug-likeness (QED) is 0.708. The lowest BCUT2D eigenvalue weighted by Crippen LogP contribution is -2.48. The number of ether oxygens (including phenoxy) is 1. The molecule has 0 aliphatic carbocycles. The van der Waals surface area contributed by atoms with Gasteiger partial charge in [-0.3, -0.25) is 4.79 Å². The average Bonchev–Trinajstić information content (AvgIpc) is 3.12. The first-order chi connectivity index (χ1) is 12.7. The highest BCUT2D eigenvalue weighted by atomic mass is 32.1. The minimum Gasteiger partial charge on any atom is -0.494 e. The maximum Gasteiger partial charge on any atom is 0.254 e. The van der Waals surface area contributed by atoms with Crippen molar-refractivity contribution in [1.82, 2.24) is 9.88 Å². The van der Waals surface area contributed by atoms with Crippen molar-refractivity contribution in [2.75, 3.05) is 38.2 Å². The Morgan fingerprint density at radius 1 is 1.15 bits per heavy atom. The van der Waals surface area contributed by atoms with Crippen molar-refractivity contribution in [1.29, 1.82) is 0 Å². The molecular formula is C19H18FN3O2S. The third-order valence-corrected chi connectivity index (χ3v) is 5.58. The molecule has 1 aromatic heterocycles. The smallest absolute Gasteiger partial charge is 0.254 e. The zero-order valence-electron chi connectivity index (χ0n) is 14.3. The molecule has 2 aromatic carbocycles. The molecule has 2 heterocycles. The number of carbonyl (C=O) groups is 1. The van der Waals surface area contributed by atoms with Gasteiger partial charge in [-0.15, -0.1) is 0 Å². The average molecular weight is 371 g/mol. The molecule has 0 unspecified atom stereocenters. The van der Waals surface area contributed by atoms with Gasteiger partial charge in [0.1, 0.15) is 17.1 Å². The Hall–Kier alpha value is -2.67. The Bertz CT molecular complexity index is 951. The van der Waals surface area contributed by atoms with Crippen LogP contribution in [0.15, 0.2) is 42.5 Å². The number of halogens is 1. The Morgan fingerprint density at radius 2 is 1.92 bits per heavy atom.